The van der Waals surface area contributed by atoms with Crippen molar-refractivity contribution in [2.75, 3.05) is 32.8 Å². The molecule has 1 aliphatic rings. The molecule has 188 valence electrons. The average molecular weight is 490 g/mol. The van der Waals surface area contributed by atoms with Crippen molar-refractivity contribution in [1.82, 2.24) is 35.2 Å². The van der Waals surface area contributed by atoms with E-state index in [9.17, 15) is 9.90 Å². The third-order valence-corrected chi connectivity index (χ3v) is 6.43. The fraction of sp³-hybridized carbons (Fsp3) is 0.385. The molecule has 0 unspecified atom stereocenters. The molecule has 3 N–H and O–H groups in total. The Hall–Kier alpha value is -3.76. The highest BCUT2D eigenvalue weighted by atomic mass is 16.5. The van der Waals surface area contributed by atoms with Gasteiger partial charge in [-0.25, -0.2) is 0 Å². The molecule has 1 fully saturated rings. The van der Waals surface area contributed by atoms with Gasteiger partial charge in [-0.1, -0.05) is 26.0 Å². The molecule has 0 spiro atoms. The van der Waals surface area contributed by atoms with Gasteiger partial charge in [0.05, 0.1) is 24.3 Å². The first kappa shape index (κ1) is 24.0. The molecule has 2 aromatic carbocycles. The number of ether oxygens (including phenoxy) is 1. The molecule has 0 aliphatic carbocycles. The van der Waals surface area contributed by atoms with Crippen LogP contribution < -0.4 is 5.32 Å². The number of nitrogens with zero attached hydrogens (tertiary/aromatic N) is 5. The van der Waals surface area contributed by atoms with Crippen LogP contribution in [0.1, 0.15) is 48.6 Å². The normalized spacial score (nSPS) is 14.6. The molecule has 0 radical (unpaired) electrons. The maximum Gasteiger partial charge on any atom is 0.289 e. The third kappa shape index (κ3) is 4.57. The lowest BCUT2D eigenvalue weighted by molar-refractivity contribution is 0.0342. The van der Waals surface area contributed by atoms with Crippen LogP contribution in [0.2, 0.25) is 0 Å². The fourth-order valence-corrected chi connectivity index (χ4v) is 4.54. The lowest BCUT2D eigenvalue weighted by atomic mass is 10.0. The summed E-state index contributed by atoms with van der Waals surface area (Å²) in [7, 11) is 0. The van der Waals surface area contributed by atoms with Gasteiger partial charge >= 0.3 is 0 Å². The number of carbonyl (C=O) groups is 1. The minimum absolute atomic E-state index is 0.0179. The number of aromatic nitrogens is 5. The molecule has 10 heteroatoms. The van der Waals surface area contributed by atoms with Crippen LogP contribution in [0.15, 0.2) is 36.4 Å². The number of hydrogen-bond acceptors (Lipinski definition) is 7. The molecule has 1 amide bonds. The van der Waals surface area contributed by atoms with Crippen LogP contribution in [0.4, 0.5) is 0 Å². The zero-order chi connectivity index (χ0) is 25.2. The molecule has 0 saturated carbocycles. The molecule has 36 heavy (non-hydrogen) atoms. The standard InChI is InChI=1S/C26H31N7O3/c1-4-27-26(35)25-31-30-24(20-13-19-21(14-22(20)34)28-29-23(19)16(2)3)33(25)18-7-5-17(6-8-18)15-32-9-11-36-12-10-32/h5-8,13-14,16,34H,4,9-12,15H2,1-3H3,(H,27,35)(H,28,29). The van der Waals surface area contributed by atoms with Crippen molar-refractivity contribution in [2.24, 2.45) is 0 Å². The zero-order valence-corrected chi connectivity index (χ0v) is 20.8. The van der Waals surface area contributed by atoms with Crippen molar-refractivity contribution in [3.8, 4) is 22.8 Å². The molecule has 0 bridgehead atoms. The third-order valence-electron chi connectivity index (χ3n) is 6.43. The van der Waals surface area contributed by atoms with Gasteiger partial charge in [0, 0.05) is 49.0 Å². The van der Waals surface area contributed by atoms with E-state index in [2.05, 4.69) is 44.5 Å². The van der Waals surface area contributed by atoms with E-state index in [0.29, 0.717) is 23.4 Å². The largest absolute Gasteiger partial charge is 0.507 e. The predicted octanol–water partition coefficient (Wildman–Crippen LogP) is 3.22. The van der Waals surface area contributed by atoms with Gasteiger partial charge in [-0.2, -0.15) is 5.10 Å². The highest BCUT2D eigenvalue weighted by Gasteiger charge is 2.24. The minimum atomic E-state index is -0.333. The van der Waals surface area contributed by atoms with Crippen LogP contribution >= 0.6 is 0 Å². The van der Waals surface area contributed by atoms with E-state index in [0.717, 1.165) is 49.6 Å². The summed E-state index contributed by atoms with van der Waals surface area (Å²) in [4.78, 5) is 15.2. The minimum Gasteiger partial charge on any atom is -0.507 e. The van der Waals surface area contributed by atoms with Crippen LogP contribution in [0.3, 0.4) is 0 Å². The summed E-state index contributed by atoms with van der Waals surface area (Å²) >= 11 is 0. The lowest BCUT2D eigenvalue weighted by Crippen LogP contribution is -2.35. The van der Waals surface area contributed by atoms with Crippen molar-refractivity contribution in [2.45, 2.75) is 33.2 Å². The number of hydrogen-bond donors (Lipinski definition) is 3. The number of H-pyrrole nitrogens is 1. The molecular formula is C26H31N7O3. The topological polar surface area (TPSA) is 121 Å². The number of morpholine rings is 1. The number of nitrogens with one attached hydrogen (secondary N) is 2. The maximum atomic E-state index is 12.9. The van der Waals surface area contributed by atoms with Crippen LogP contribution in [0.25, 0.3) is 28.0 Å². The summed E-state index contributed by atoms with van der Waals surface area (Å²) in [6.07, 6.45) is 0. The van der Waals surface area contributed by atoms with E-state index >= 15 is 0 Å². The highest BCUT2D eigenvalue weighted by Crippen LogP contribution is 2.36. The second-order valence-corrected chi connectivity index (χ2v) is 9.28. The average Bonchev–Trinajstić information content (AvgIpc) is 3.49. The summed E-state index contributed by atoms with van der Waals surface area (Å²) in [5, 5.41) is 30.6. The number of phenolic OH excluding ortho intramolecular Hbond substituents is 1. The Balaban J connectivity index is 1.58. The molecule has 5 rings (SSSR count). The van der Waals surface area contributed by atoms with Crippen molar-refractivity contribution in [3.63, 3.8) is 0 Å². The van der Waals surface area contributed by atoms with Gasteiger partial charge in [-0.05, 0) is 36.6 Å². The number of phenols is 1. The van der Waals surface area contributed by atoms with Crippen LogP contribution in [-0.4, -0.2) is 73.7 Å². The second-order valence-electron chi connectivity index (χ2n) is 9.28. The van der Waals surface area contributed by atoms with Gasteiger partial charge < -0.3 is 15.2 Å². The molecular weight excluding hydrogens is 458 g/mol. The first-order valence-electron chi connectivity index (χ1n) is 12.3. The smallest absolute Gasteiger partial charge is 0.289 e. The van der Waals surface area contributed by atoms with Gasteiger partial charge in [0.1, 0.15) is 5.75 Å². The maximum absolute atomic E-state index is 12.9. The molecule has 1 saturated heterocycles. The van der Waals surface area contributed by atoms with Crippen molar-refractivity contribution >= 4 is 16.8 Å². The molecule has 4 aromatic rings. The summed E-state index contributed by atoms with van der Waals surface area (Å²) < 4.78 is 7.14. The van der Waals surface area contributed by atoms with E-state index < -0.39 is 0 Å². The molecule has 0 atom stereocenters. The Bertz CT molecular complexity index is 1370. The second kappa shape index (κ2) is 10.1. The van der Waals surface area contributed by atoms with Crippen LogP contribution in [-0.2, 0) is 11.3 Å². The quantitative estimate of drug-likeness (QED) is 0.364. The highest BCUT2D eigenvalue weighted by molar-refractivity contribution is 5.93. The van der Waals surface area contributed by atoms with E-state index in [4.69, 9.17) is 4.74 Å². The number of aromatic hydroxyl groups is 1. The number of aromatic amines is 1. The van der Waals surface area contributed by atoms with E-state index in [-0.39, 0.29) is 23.4 Å². The zero-order valence-electron chi connectivity index (χ0n) is 20.8. The summed E-state index contributed by atoms with van der Waals surface area (Å²) in [5.74, 6) is 0.441. The molecule has 1 aliphatic heterocycles. The Morgan fingerprint density at radius 2 is 1.92 bits per heavy atom. The van der Waals surface area contributed by atoms with Gasteiger partial charge in [-0.15, -0.1) is 10.2 Å². The fourth-order valence-electron chi connectivity index (χ4n) is 4.54. The van der Waals surface area contributed by atoms with Crippen LogP contribution in [0, 0.1) is 0 Å². The van der Waals surface area contributed by atoms with E-state index in [1.807, 2.05) is 37.3 Å². The number of rotatable bonds is 7. The molecule has 2 aromatic heterocycles. The Labute approximate surface area is 209 Å². The monoisotopic (exact) mass is 489 g/mol. The molecule has 10 nitrogen and oxygen atoms in total. The van der Waals surface area contributed by atoms with E-state index in [1.54, 1.807) is 10.6 Å². The Morgan fingerprint density at radius 1 is 1.17 bits per heavy atom. The van der Waals surface area contributed by atoms with Crippen molar-refractivity contribution in [3.05, 3.63) is 53.5 Å². The summed E-state index contributed by atoms with van der Waals surface area (Å²) in [6, 6.07) is 11.5. The number of carbonyl (C=O) groups excluding carboxylic acids is 1. The first-order valence-corrected chi connectivity index (χ1v) is 12.3. The SMILES string of the molecule is CCNC(=O)c1nnc(-c2cc3c(C(C)C)[nH]nc3cc2O)n1-c1ccc(CN2CCOCC2)cc1. The lowest BCUT2D eigenvalue weighted by Gasteiger charge is -2.26. The molecule has 3 heterocycles. The summed E-state index contributed by atoms with van der Waals surface area (Å²) in [6.45, 7) is 10.6. The Morgan fingerprint density at radius 3 is 2.61 bits per heavy atom. The van der Waals surface area contributed by atoms with Crippen molar-refractivity contribution < 1.29 is 14.6 Å². The number of fused-ring (bicyclic) bond motifs is 1. The van der Waals surface area contributed by atoms with Gasteiger partial charge in [0.15, 0.2) is 5.82 Å². The number of benzene rings is 2. The Kier molecular flexibility index (Phi) is 6.71. The van der Waals surface area contributed by atoms with Gasteiger partial charge in [0.25, 0.3) is 5.91 Å². The van der Waals surface area contributed by atoms with Crippen LogP contribution in [0.5, 0.6) is 5.75 Å². The first-order chi connectivity index (χ1) is 17.5. The van der Waals surface area contributed by atoms with Crippen molar-refractivity contribution in [1.29, 1.82) is 0 Å². The number of amides is 1. The van der Waals surface area contributed by atoms with Gasteiger partial charge in [-0.3, -0.25) is 19.4 Å². The van der Waals surface area contributed by atoms with E-state index in [1.165, 1.54) is 5.56 Å². The van der Waals surface area contributed by atoms with Gasteiger partial charge in [0.2, 0.25) is 5.82 Å². The predicted molar refractivity (Wildman–Crippen MR) is 136 cm³/mol. The summed E-state index contributed by atoms with van der Waals surface area (Å²) in [5.41, 5.74) is 4.01.